The number of carboxylic acid groups (broad SMARTS) is 1. The van der Waals surface area contributed by atoms with Crippen molar-refractivity contribution in [2.75, 3.05) is 37.2 Å². The van der Waals surface area contributed by atoms with Crippen LogP contribution in [0, 0.1) is 0 Å². The van der Waals surface area contributed by atoms with Gasteiger partial charge in [0.25, 0.3) is 0 Å². The van der Waals surface area contributed by atoms with Crippen LogP contribution in [0.15, 0.2) is 0 Å². The number of aliphatic carboxylic acids is 1. The molecule has 0 rings (SSSR count). The maximum Gasteiger partial charge on any atom is 0.326 e. The van der Waals surface area contributed by atoms with Crippen LogP contribution >= 0.6 is 23.5 Å². The van der Waals surface area contributed by atoms with Gasteiger partial charge in [0.1, 0.15) is 18.1 Å². The number of carbonyl (C=O) groups excluding carboxylic acids is 3. The fraction of sp³-hybridized carbons (Fsp3) is 0.789. The number of hydrogen-bond donors (Lipinski definition) is 7. The number of hydrogen-bond acceptors (Lipinski definition) is 9. The number of rotatable bonds is 18. The molecular formula is C19H37N5O6S2. The van der Waals surface area contributed by atoms with Crippen LogP contribution in [-0.2, 0) is 19.2 Å². The molecule has 4 unspecified atom stereocenters. The maximum absolute atomic E-state index is 12.7. The molecule has 0 aliphatic carbocycles. The Balaban J connectivity index is 5.08. The molecule has 0 aromatic carbocycles. The van der Waals surface area contributed by atoms with E-state index in [9.17, 15) is 29.4 Å². The zero-order valence-electron chi connectivity index (χ0n) is 18.7. The van der Waals surface area contributed by atoms with Gasteiger partial charge in [-0.3, -0.25) is 14.4 Å². The molecule has 0 heterocycles. The van der Waals surface area contributed by atoms with Gasteiger partial charge in [0.05, 0.1) is 12.6 Å². The van der Waals surface area contributed by atoms with E-state index in [1.165, 1.54) is 23.5 Å². The molecule has 9 N–H and O–H groups in total. The van der Waals surface area contributed by atoms with Crippen molar-refractivity contribution in [2.45, 2.75) is 56.3 Å². The maximum atomic E-state index is 12.7. The van der Waals surface area contributed by atoms with Gasteiger partial charge in [-0.1, -0.05) is 6.42 Å². The fourth-order valence-corrected chi connectivity index (χ4v) is 3.60. The van der Waals surface area contributed by atoms with Crippen LogP contribution in [0.5, 0.6) is 0 Å². The molecule has 0 radical (unpaired) electrons. The van der Waals surface area contributed by atoms with Gasteiger partial charge in [-0.15, -0.1) is 0 Å². The molecule has 3 amide bonds. The zero-order valence-corrected chi connectivity index (χ0v) is 20.3. The predicted octanol–water partition coefficient (Wildman–Crippen LogP) is -1.52. The van der Waals surface area contributed by atoms with Crippen LogP contribution in [0.2, 0.25) is 0 Å². The first kappa shape index (κ1) is 30.5. The quantitative estimate of drug-likeness (QED) is 0.110. The number of aliphatic hydroxyl groups is 1. The topological polar surface area (TPSA) is 197 Å². The van der Waals surface area contributed by atoms with Crippen LogP contribution in [0.1, 0.15) is 32.1 Å². The van der Waals surface area contributed by atoms with Crippen molar-refractivity contribution in [2.24, 2.45) is 11.5 Å². The Bertz CT molecular complexity index is 599. The number of nitrogens with two attached hydrogens (primary N) is 2. The van der Waals surface area contributed by atoms with E-state index in [4.69, 9.17) is 11.5 Å². The lowest BCUT2D eigenvalue weighted by atomic mass is 10.1. The molecule has 0 aromatic heterocycles. The molecule has 186 valence electrons. The number of unbranched alkanes of at least 4 members (excludes halogenated alkanes) is 1. The summed E-state index contributed by atoms with van der Waals surface area (Å²) < 4.78 is 0. The normalized spacial score (nSPS) is 14.7. The Morgan fingerprint density at radius 2 is 1.31 bits per heavy atom. The number of nitrogens with one attached hydrogen (secondary N) is 3. The van der Waals surface area contributed by atoms with Crippen molar-refractivity contribution in [1.29, 1.82) is 0 Å². The van der Waals surface area contributed by atoms with Gasteiger partial charge in [-0.25, -0.2) is 4.79 Å². The SMILES string of the molecule is CSCCC(NC(=O)C(CCSC)NC(=O)C(CO)NC(=O)C(N)CCCCN)C(=O)O. The molecule has 0 aromatic rings. The number of carboxylic acids is 1. The highest BCUT2D eigenvalue weighted by Gasteiger charge is 2.29. The van der Waals surface area contributed by atoms with E-state index in [-0.39, 0.29) is 12.8 Å². The van der Waals surface area contributed by atoms with E-state index in [0.29, 0.717) is 37.3 Å². The Hall–Kier alpha value is -1.54. The van der Waals surface area contributed by atoms with Crippen molar-refractivity contribution in [1.82, 2.24) is 16.0 Å². The Kier molecular flexibility index (Phi) is 17.1. The van der Waals surface area contributed by atoms with Crippen LogP contribution in [0.3, 0.4) is 0 Å². The second kappa shape index (κ2) is 18.0. The summed E-state index contributed by atoms with van der Waals surface area (Å²) >= 11 is 2.91. The van der Waals surface area contributed by atoms with E-state index in [1.54, 1.807) is 0 Å². The fourth-order valence-electron chi connectivity index (χ4n) is 2.65. The van der Waals surface area contributed by atoms with Gasteiger partial charge in [0.15, 0.2) is 0 Å². The van der Waals surface area contributed by atoms with Gasteiger partial charge >= 0.3 is 5.97 Å². The lowest BCUT2D eigenvalue weighted by Gasteiger charge is -2.24. The molecule has 0 fully saturated rings. The molecule has 0 saturated heterocycles. The van der Waals surface area contributed by atoms with Crippen molar-refractivity contribution in [3.63, 3.8) is 0 Å². The molecule has 13 heteroatoms. The largest absolute Gasteiger partial charge is 0.480 e. The molecule has 0 spiro atoms. The van der Waals surface area contributed by atoms with E-state index in [2.05, 4.69) is 16.0 Å². The molecule has 4 atom stereocenters. The second-order valence-electron chi connectivity index (χ2n) is 7.16. The summed E-state index contributed by atoms with van der Waals surface area (Å²) in [4.78, 5) is 48.9. The third-order valence-electron chi connectivity index (χ3n) is 4.59. The molecule has 32 heavy (non-hydrogen) atoms. The first-order chi connectivity index (χ1) is 15.2. The van der Waals surface area contributed by atoms with E-state index in [0.717, 1.165) is 0 Å². The first-order valence-electron chi connectivity index (χ1n) is 10.4. The van der Waals surface area contributed by atoms with E-state index >= 15 is 0 Å². The second-order valence-corrected chi connectivity index (χ2v) is 9.13. The summed E-state index contributed by atoms with van der Waals surface area (Å²) in [5, 5.41) is 26.2. The first-order valence-corrected chi connectivity index (χ1v) is 13.2. The predicted molar refractivity (Wildman–Crippen MR) is 127 cm³/mol. The molecular weight excluding hydrogens is 458 g/mol. The van der Waals surface area contributed by atoms with Gasteiger partial charge in [0.2, 0.25) is 17.7 Å². The van der Waals surface area contributed by atoms with Gasteiger partial charge in [0, 0.05) is 0 Å². The van der Waals surface area contributed by atoms with Gasteiger partial charge in [-0.05, 0) is 56.2 Å². The van der Waals surface area contributed by atoms with Gasteiger partial charge in [-0.2, -0.15) is 23.5 Å². The highest BCUT2D eigenvalue weighted by atomic mass is 32.2. The van der Waals surface area contributed by atoms with Crippen LogP contribution in [-0.4, -0.2) is 95.2 Å². The minimum Gasteiger partial charge on any atom is -0.480 e. The monoisotopic (exact) mass is 495 g/mol. The van der Waals surface area contributed by atoms with Crippen LogP contribution < -0.4 is 27.4 Å². The van der Waals surface area contributed by atoms with Crippen molar-refractivity contribution >= 4 is 47.2 Å². The smallest absolute Gasteiger partial charge is 0.326 e. The summed E-state index contributed by atoms with van der Waals surface area (Å²) in [6, 6.07) is -4.25. The average Bonchev–Trinajstić information content (AvgIpc) is 2.76. The van der Waals surface area contributed by atoms with Crippen molar-refractivity contribution in [3.05, 3.63) is 0 Å². The summed E-state index contributed by atoms with van der Waals surface area (Å²) in [6.45, 7) is -0.203. The lowest BCUT2D eigenvalue weighted by molar-refractivity contribution is -0.142. The minimum atomic E-state index is -1.29. The number of aliphatic hydroxyl groups excluding tert-OH is 1. The molecule has 0 aliphatic rings. The van der Waals surface area contributed by atoms with Crippen molar-refractivity contribution < 1.29 is 29.4 Å². The van der Waals surface area contributed by atoms with Crippen molar-refractivity contribution in [3.8, 4) is 0 Å². The Labute approximate surface area is 197 Å². The minimum absolute atomic E-state index is 0.239. The lowest BCUT2D eigenvalue weighted by Crippen LogP contribution is -2.58. The summed E-state index contributed by atoms with van der Waals surface area (Å²) in [7, 11) is 0. The highest BCUT2D eigenvalue weighted by Crippen LogP contribution is 2.06. The third kappa shape index (κ3) is 12.5. The average molecular weight is 496 g/mol. The zero-order chi connectivity index (χ0) is 24.5. The number of amides is 3. The Morgan fingerprint density at radius 3 is 1.81 bits per heavy atom. The summed E-state index contributed by atoms with van der Waals surface area (Å²) in [6.07, 6.45) is 5.90. The van der Waals surface area contributed by atoms with Crippen LogP contribution in [0.4, 0.5) is 0 Å². The van der Waals surface area contributed by atoms with E-state index in [1.807, 2.05) is 12.5 Å². The van der Waals surface area contributed by atoms with Crippen LogP contribution in [0.25, 0.3) is 0 Å². The summed E-state index contributed by atoms with van der Waals surface area (Å²) in [5.41, 5.74) is 11.2. The number of thioether (sulfide) groups is 2. The van der Waals surface area contributed by atoms with Gasteiger partial charge < -0.3 is 37.6 Å². The Morgan fingerprint density at radius 1 is 0.812 bits per heavy atom. The summed E-state index contributed by atoms with van der Waals surface area (Å²) in [5.74, 6) is -2.07. The number of carbonyl (C=O) groups is 4. The molecule has 0 bridgehead atoms. The van der Waals surface area contributed by atoms with E-state index < -0.39 is 54.5 Å². The molecule has 0 aliphatic heterocycles. The molecule has 0 saturated carbocycles. The highest BCUT2D eigenvalue weighted by molar-refractivity contribution is 7.98. The standard InChI is InChI=1S/C19H37N5O6S2/c1-31-9-6-13(17(27)23-14(19(29)30)7-10-32-2)22-18(28)15(11-25)24-16(26)12(21)5-3-4-8-20/h12-15,25H,3-11,20-21H2,1-2H3,(H,22,28)(H,23,27)(H,24,26)(H,29,30). The third-order valence-corrected chi connectivity index (χ3v) is 5.88. The molecule has 11 nitrogen and oxygen atoms in total.